The molecule has 1 aromatic heterocycles. The van der Waals surface area contributed by atoms with Crippen LogP contribution in [0.4, 0.5) is 14.5 Å². The zero-order chi connectivity index (χ0) is 18.0. The zero-order valence-corrected chi connectivity index (χ0v) is 13.6. The molecule has 0 saturated heterocycles. The van der Waals surface area contributed by atoms with Gasteiger partial charge in [-0.15, -0.1) is 0 Å². The highest BCUT2D eigenvalue weighted by Gasteiger charge is 2.17. The van der Waals surface area contributed by atoms with Crippen LogP contribution in [0.3, 0.4) is 0 Å². The Labute approximate surface area is 142 Å². The molecule has 1 amide bonds. The van der Waals surface area contributed by atoms with Gasteiger partial charge in [0.05, 0.1) is 18.5 Å². The summed E-state index contributed by atoms with van der Waals surface area (Å²) in [4.78, 5) is 12.3. The number of nitrogens with zero attached hydrogens (tertiary/aromatic N) is 2. The first kappa shape index (κ1) is 16.6. The summed E-state index contributed by atoms with van der Waals surface area (Å²) in [5.74, 6) is -1.24. The first-order valence-electron chi connectivity index (χ1n) is 7.43. The molecule has 3 rings (SSSR count). The minimum absolute atomic E-state index is 0.0512. The van der Waals surface area contributed by atoms with Crippen molar-refractivity contribution in [2.45, 2.75) is 0 Å². The van der Waals surface area contributed by atoms with Crippen LogP contribution in [0.1, 0.15) is 10.5 Å². The monoisotopic (exact) mass is 343 g/mol. The van der Waals surface area contributed by atoms with Crippen molar-refractivity contribution in [2.75, 3.05) is 12.4 Å². The van der Waals surface area contributed by atoms with Gasteiger partial charge in [-0.25, -0.2) is 8.78 Å². The Morgan fingerprint density at radius 1 is 1.12 bits per heavy atom. The third kappa shape index (κ3) is 3.35. The normalized spacial score (nSPS) is 10.6. The van der Waals surface area contributed by atoms with Gasteiger partial charge in [0.15, 0.2) is 5.69 Å². The maximum Gasteiger partial charge on any atom is 0.276 e. The molecule has 1 N–H and O–H groups in total. The summed E-state index contributed by atoms with van der Waals surface area (Å²) in [6.07, 6.45) is 0. The molecule has 25 heavy (non-hydrogen) atoms. The van der Waals surface area contributed by atoms with E-state index in [1.54, 1.807) is 25.2 Å². The number of hydrogen-bond donors (Lipinski definition) is 1. The quantitative estimate of drug-likeness (QED) is 0.787. The third-order valence-electron chi connectivity index (χ3n) is 3.69. The lowest BCUT2D eigenvalue weighted by atomic mass is 10.1. The Morgan fingerprint density at radius 2 is 1.88 bits per heavy atom. The number of ether oxygens (including phenoxy) is 1. The average Bonchev–Trinajstić information content (AvgIpc) is 2.98. The number of aromatic nitrogens is 2. The molecule has 7 heteroatoms. The lowest BCUT2D eigenvalue weighted by Gasteiger charge is -2.05. The molecule has 2 aromatic carbocycles. The number of hydrogen-bond acceptors (Lipinski definition) is 3. The van der Waals surface area contributed by atoms with Crippen LogP contribution in [0, 0.1) is 11.6 Å². The van der Waals surface area contributed by atoms with Crippen LogP contribution in [0.25, 0.3) is 11.3 Å². The molecule has 3 aromatic rings. The smallest absolute Gasteiger partial charge is 0.276 e. The number of para-hydroxylation sites is 1. The summed E-state index contributed by atoms with van der Waals surface area (Å²) in [6, 6.07) is 11.7. The zero-order valence-electron chi connectivity index (χ0n) is 13.6. The van der Waals surface area contributed by atoms with E-state index in [9.17, 15) is 13.6 Å². The SMILES string of the molecule is COc1ccc(-c2cc(C(=O)Nc3ccccc3F)nn2C)c(F)c1. The van der Waals surface area contributed by atoms with Gasteiger partial charge in [0, 0.05) is 18.7 Å². The van der Waals surface area contributed by atoms with E-state index < -0.39 is 17.5 Å². The first-order chi connectivity index (χ1) is 12.0. The average molecular weight is 343 g/mol. The molecule has 0 radical (unpaired) electrons. The van der Waals surface area contributed by atoms with Gasteiger partial charge < -0.3 is 10.1 Å². The van der Waals surface area contributed by atoms with Crippen molar-refractivity contribution >= 4 is 11.6 Å². The molecule has 0 aliphatic rings. The van der Waals surface area contributed by atoms with E-state index >= 15 is 0 Å². The fourth-order valence-corrected chi connectivity index (χ4v) is 2.41. The molecule has 128 valence electrons. The topological polar surface area (TPSA) is 56.1 Å². The molecule has 0 unspecified atom stereocenters. The van der Waals surface area contributed by atoms with Gasteiger partial charge in [0.25, 0.3) is 5.91 Å². The van der Waals surface area contributed by atoms with Crippen LogP contribution < -0.4 is 10.1 Å². The van der Waals surface area contributed by atoms with Crippen molar-refractivity contribution in [1.82, 2.24) is 9.78 Å². The third-order valence-corrected chi connectivity index (χ3v) is 3.69. The molecule has 0 aliphatic carbocycles. The van der Waals surface area contributed by atoms with Crippen LogP contribution in [-0.4, -0.2) is 22.8 Å². The summed E-state index contributed by atoms with van der Waals surface area (Å²) in [6.45, 7) is 0. The molecule has 0 atom stereocenters. The van der Waals surface area contributed by atoms with Gasteiger partial charge in [-0.1, -0.05) is 12.1 Å². The van der Waals surface area contributed by atoms with Gasteiger partial charge in [0.1, 0.15) is 17.4 Å². The fraction of sp³-hybridized carbons (Fsp3) is 0.111. The van der Waals surface area contributed by atoms with E-state index in [0.29, 0.717) is 11.4 Å². The van der Waals surface area contributed by atoms with E-state index in [0.717, 1.165) is 0 Å². The largest absolute Gasteiger partial charge is 0.497 e. The number of halogens is 2. The lowest BCUT2D eigenvalue weighted by molar-refractivity contribution is 0.102. The lowest BCUT2D eigenvalue weighted by Crippen LogP contribution is -2.13. The Hall–Kier alpha value is -3.22. The summed E-state index contributed by atoms with van der Waals surface area (Å²) in [5, 5.41) is 6.53. The van der Waals surface area contributed by atoms with Gasteiger partial charge >= 0.3 is 0 Å². The van der Waals surface area contributed by atoms with Crippen molar-refractivity contribution < 1.29 is 18.3 Å². The van der Waals surface area contributed by atoms with Crippen molar-refractivity contribution in [3.63, 3.8) is 0 Å². The molecular weight excluding hydrogens is 328 g/mol. The number of carbonyl (C=O) groups excluding carboxylic acids is 1. The van der Waals surface area contributed by atoms with E-state index in [1.165, 1.54) is 42.1 Å². The van der Waals surface area contributed by atoms with E-state index in [2.05, 4.69) is 10.4 Å². The maximum atomic E-state index is 14.2. The summed E-state index contributed by atoms with van der Waals surface area (Å²) in [7, 11) is 3.04. The molecule has 1 heterocycles. The van der Waals surface area contributed by atoms with E-state index in [1.807, 2.05) is 0 Å². The highest BCUT2D eigenvalue weighted by molar-refractivity contribution is 6.03. The van der Waals surface area contributed by atoms with Crippen molar-refractivity contribution in [2.24, 2.45) is 7.05 Å². The molecule has 5 nitrogen and oxygen atoms in total. The van der Waals surface area contributed by atoms with Crippen LogP contribution in [0.5, 0.6) is 5.75 Å². The molecular formula is C18H15F2N3O2. The van der Waals surface area contributed by atoms with Crippen molar-refractivity contribution in [3.8, 4) is 17.0 Å². The van der Waals surface area contributed by atoms with Gasteiger partial charge in [-0.3, -0.25) is 9.48 Å². The first-order valence-corrected chi connectivity index (χ1v) is 7.43. The highest BCUT2D eigenvalue weighted by atomic mass is 19.1. The molecule has 0 fully saturated rings. The second kappa shape index (κ2) is 6.72. The van der Waals surface area contributed by atoms with Crippen LogP contribution in [0.2, 0.25) is 0 Å². The van der Waals surface area contributed by atoms with Gasteiger partial charge in [-0.05, 0) is 30.3 Å². The van der Waals surface area contributed by atoms with Crippen LogP contribution >= 0.6 is 0 Å². The summed E-state index contributed by atoms with van der Waals surface area (Å²) in [5.41, 5.74) is 0.797. The Bertz CT molecular complexity index is 938. The fourth-order valence-electron chi connectivity index (χ4n) is 2.41. The van der Waals surface area contributed by atoms with Crippen LogP contribution in [0.15, 0.2) is 48.5 Å². The second-order valence-corrected chi connectivity index (χ2v) is 5.32. The van der Waals surface area contributed by atoms with Gasteiger partial charge in [-0.2, -0.15) is 5.10 Å². The minimum Gasteiger partial charge on any atom is -0.497 e. The van der Waals surface area contributed by atoms with Crippen molar-refractivity contribution in [1.29, 1.82) is 0 Å². The predicted molar refractivity (Wildman–Crippen MR) is 89.5 cm³/mol. The number of rotatable bonds is 4. The summed E-state index contributed by atoms with van der Waals surface area (Å²) < 4.78 is 34.2. The van der Waals surface area contributed by atoms with E-state index in [4.69, 9.17) is 4.74 Å². The minimum atomic E-state index is -0.583. The second-order valence-electron chi connectivity index (χ2n) is 5.32. The number of carbonyl (C=O) groups is 1. The standard InChI is InChI=1S/C18H15F2N3O2/c1-23-17(12-8-7-11(25-2)9-14(12)20)10-16(22-23)18(24)21-15-6-4-3-5-13(15)19/h3-10H,1-2H3,(H,21,24). The molecule has 0 aliphatic heterocycles. The molecule has 0 spiro atoms. The summed E-state index contributed by atoms with van der Waals surface area (Å²) >= 11 is 0. The number of anilines is 1. The maximum absolute atomic E-state index is 14.2. The number of nitrogens with one attached hydrogen (secondary N) is 1. The number of methoxy groups -OCH3 is 1. The Balaban J connectivity index is 1.90. The van der Waals surface area contributed by atoms with E-state index in [-0.39, 0.29) is 16.9 Å². The van der Waals surface area contributed by atoms with Crippen LogP contribution in [-0.2, 0) is 7.05 Å². The molecule has 0 saturated carbocycles. The van der Waals surface area contributed by atoms with Crippen molar-refractivity contribution in [3.05, 3.63) is 65.9 Å². The number of amides is 1. The van der Waals surface area contributed by atoms with Gasteiger partial charge in [0.2, 0.25) is 0 Å². The Morgan fingerprint density at radius 3 is 2.56 bits per heavy atom. The predicted octanol–water partition coefficient (Wildman–Crippen LogP) is 3.63. The number of aryl methyl sites for hydroxylation is 1. The Kier molecular flexibility index (Phi) is 4.47. The highest BCUT2D eigenvalue weighted by Crippen LogP contribution is 2.27. The molecule has 0 bridgehead atoms. The number of benzene rings is 2.